The van der Waals surface area contributed by atoms with Crippen LogP contribution in [0, 0.1) is 11.3 Å². The zero-order valence-corrected chi connectivity index (χ0v) is 10.7. The highest BCUT2D eigenvalue weighted by atomic mass is 16.5. The van der Waals surface area contributed by atoms with Crippen LogP contribution < -0.4 is 0 Å². The number of ether oxygens (including phenoxy) is 1. The predicted molar refractivity (Wildman–Crippen MR) is 65.8 cm³/mol. The van der Waals surface area contributed by atoms with Crippen molar-refractivity contribution in [3.63, 3.8) is 0 Å². The molecule has 18 heavy (non-hydrogen) atoms. The third-order valence-electron chi connectivity index (χ3n) is 3.24. The zero-order chi connectivity index (χ0) is 13.5. The van der Waals surface area contributed by atoms with Gasteiger partial charge in [-0.1, -0.05) is 26.0 Å². The van der Waals surface area contributed by atoms with Gasteiger partial charge in [0.25, 0.3) is 0 Å². The lowest BCUT2D eigenvalue weighted by molar-refractivity contribution is -0.148. The maximum absolute atomic E-state index is 11.8. The Morgan fingerprint density at radius 3 is 2.50 bits per heavy atom. The van der Waals surface area contributed by atoms with Crippen LogP contribution in [0.25, 0.3) is 0 Å². The minimum Gasteiger partial charge on any atom is -0.493 e. The maximum atomic E-state index is 11.8. The van der Waals surface area contributed by atoms with E-state index < -0.39 is 11.4 Å². The second kappa shape index (κ2) is 4.12. The normalized spacial score (nSPS) is 24.8. The molecule has 0 aliphatic heterocycles. The Morgan fingerprint density at radius 2 is 2.06 bits per heavy atom. The summed E-state index contributed by atoms with van der Waals surface area (Å²) in [5.41, 5.74) is -0.582. The Bertz CT molecular complexity index is 492. The molecule has 0 saturated heterocycles. The summed E-state index contributed by atoms with van der Waals surface area (Å²) in [6.45, 7) is 5.83. The van der Waals surface area contributed by atoms with Crippen molar-refractivity contribution in [2.75, 3.05) is 6.61 Å². The number of Topliss-reactive ketones (excluding diaryl/α,β-unsaturated/α-hetero) is 1. The first-order valence-electron chi connectivity index (χ1n) is 5.93. The first-order valence-corrected chi connectivity index (χ1v) is 5.93. The van der Waals surface area contributed by atoms with Crippen LogP contribution in [0.15, 0.2) is 35.1 Å². The number of carbonyl (C=O) groups is 2. The van der Waals surface area contributed by atoms with Crippen molar-refractivity contribution in [1.82, 2.24) is 0 Å². The lowest BCUT2D eigenvalue weighted by atomic mass is 9.78. The second-order valence-electron chi connectivity index (χ2n) is 5.03. The zero-order valence-electron chi connectivity index (χ0n) is 10.7. The fraction of sp³-hybridized carbons (Fsp3) is 0.429. The van der Waals surface area contributed by atoms with Crippen molar-refractivity contribution < 1.29 is 19.4 Å². The molecule has 0 heterocycles. The number of ketones is 1. The number of fused-ring (bicyclic) bond motifs is 2. The monoisotopic (exact) mass is 248 g/mol. The van der Waals surface area contributed by atoms with E-state index in [4.69, 9.17) is 4.74 Å². The molecule has 0 aromatic heterocycles. The van der Waals surface area contributed by atoms with E-state index in [9.17, 15) is 14.7 Å². The molecule has 2 aliphatic carbocycles. The summed E-state index contributed by atoms with van der Waals surface area (Å²) in [5, 5.41) is 9.42. The van der Waals surface area contributed by atoms with Crippen LogP contribution in [-0.2, 0) is 14.3 Å². The summed E-state index contributed by atoms with van der Waals surface area (Å²) >= 11 is 0. The van der Waals surface area contributed by atoms with E-state index in [1.54, 1.807) is 18.2 Å². The quantitative estimate of drug-likeness (QED) is 0.757. The van der Waals surface area contributed by atoms with Gasteiger partial charge in [0.2, 0.25) is 0 Å². The Morgan fingerprint density at radius 1 is 1.39 bits per heavy atom. The second-order valence-corrected chi connectivity index (χ2v) is 5.03. The third-order valence-corrected chi connectivity index (χ3v) is 3.24. The average Bonchev–Trinajstić information content (AvgIpc) is 2.79. The van der Waals surface area contributed by atoms with E-state index in [2.05, 4.69) is 0 Å². The standard InChI is InChI=1S/C14H16O4/c1-8(2)7-18-12-6-10-4-5-11(12)14(10,9(3)15)13(16)17/h4-6,8H,7H2,1-3H3,(H,16,17). The van der Waals surface area contributed by atoms with E-state index in [0.29, 0.717) is 29.4 Å². The summed E-state index contributed by atoms with van der Waals surface area (Å²) in [7, 11) is 0. The Balaban J connectivity index is 2.41. The SMILES string of the molecule is CC(=O)C1(C(=O)O)C2=CC(OCC(C)C)=C1C=C2. The molecule has 4 heteroatoms. The van der Waals surface area contributed by atoms with Crippen molar-refractivity contribution in [2.45, 2.75) is 20.8 Å². The molecule has 0 fully saturated rings. The number of allylic oxidation sites excluding steroid dienone is 3. The summed E-state index contributed by atoms with van der Waals surface area (Å²) < 4.78 is 5.59. The van der Waals surface area contributed by atoms with Gasteiger partial charge in [0.1, 0.15) is 5.76 Å². The van der Waals surface area contributed by atoms with Gasteiger partial charge in [0.15, 0.2) is 11.2 Å². The van der Waals surface area contributed by atoms with E-state index in [0.717, 1.165) is 0 Å². The third kappa shape index (κ3) is 1.52. The summed E-state index contributed by atoms with van der Waals surface area (Å²) in [5.74, 6) is -0.663. The summed E-state index contributed by atoms with van der Waals surface area (Å²) in [6.07, 6.45) is 5.00. The van der Waals surface area contributed by atoms with Crippen LogP contribution >= 0.6 is 0 Å². The molecule has 0 aromatic carbocycles. The smallest absolute Gasteiger partial charge is 0.326 e. The molecular weight excluding hydrogens is 232 g/mol. The molecule has 2 aliphatic rings. The van der Waals surface area contributed by atoms with Crippen molar-refractivity contribution in [2.24, 2.45) is 11.3 Å². The van der Waals surface area contributed by atoms with Crippen LogP contribution in [0.2, 0.25) is 0 Å². The van der Waals surface area contributed by atoms with Gasteiger partial charge in [-0.3, -0.25) is 9.59 Å². The Hall–Kier alpha value is -1.84. The van der Waals surface area contributed by atoms with Gasteiger partial charge in [-0.25, -0.2) is 0 Å². The number of carboxylic acids is 1. The van der Waals surface area contributed by atoms with Crippen LogP contribution in [0.3, 0.4) is 0 Å². The fourth-order valence-corrected chi connectivity index (χ4v) is 2.38. The molecule has 96 valence electrons. The van der Waals surface area contributed by atoms with E-state index in [1.165, 1.54) is 6.92 Å². The predicted octanol–water partition coefficient (Wildman–Crippen LogP) is 2.08. The number of hydrogen-bond acceptors (Lipinski definition) is 3. The van der Waals surface area contributed by atoms with Crippen LogP contribution in [0.4, 0.5) is 0 Å². The molecule has 4 nitrogen and oxygen atoms in total. The van der Waals surface area contributed by atoms with Gasteiger partial charge >= 0.3 is 5.97 Å². The molecular formula is C14H16O4. The maximum Gasteiger partial charge on any atom is 0.326 e. The molecule has 0 saturated carbocycles. The first-order chi connectivity index (χ1) is 8.40. The number of hydrogen-bond donors (Lipinski definition) is 1. The number of rotatable bonds is 5. The highest BCUT2D eigenvalue weighted by Gasteiger charge is 2.55. The Labute approximate surface area is 106 Å². The van der Waals surface area contributed by atoms with Gasteiger partial charge in [-0.2, -0.15) is 0 Å². The highest BCUT2D eigenvalue weighted by molar-refractivity contribution is 6.12. The molecule has 1 unspecified atom stereocenters. The van der Waals surface area contributed by atoms with Crippen molar-refractivity contribution in [3.05, 3.63) is 35.1 Å². The van der Waals surface area contributed by atoms with Crippen LogP contribution in [0.1, 0.15) is 20.8 Å². The molecule has 2 bridgehead atoms. The fourth-order valence-electron chi connectivity index (χ4n) is 2.38. The van der Waals surface area contributed by atoms with Crippen LogP contribution in [-0.4, -0.2) is 23.5 Å². The van der Waals surface area contributed by atoms with Crippen molar-refractivity contribution in [1.29, 1.82) is 0 Å². The number of carbonyl (C=O) groups excluding carboxylic acids is 1. The van der Waals surface area contributed by atoms with E-state index in [1.807, 2.05) is 13.8 Å². The van der Waals surface area contributed by atoms with Gasteiger partial charge in [-0.05, 0) is 24.5 Å². The molecule has 0 radical (unpaired) electrons. The topological polar surface area (TPSA) is 63.6 Å². The van der Waals surface area contributed by atoms with E-state index in [-0.39, 0.29) is 5.78 Å². The average molecular weight is 248 g/mol. The van der Waals surface area contributed by atoms with Gasteiger partial charge < -0.3 is 9.84 Å². The van der Waals surface area contributed by atoms with E-state index >= 15 is 0 Å². The van der Waals surface area contributed by atoms with Gasteiger partial charge in [0.05, 0.1) is 6.61 Å². The first kappa shape index (κ1) is 12.6. The minimum atomic E-state index is -1.54. The van der Waals surface area contributed by atoms with Gasteiger partial charge in [0, 0.05) is 5.57 Å². The van der Waals surface area contributed by atoms with Crippen molar-refractivity contribution >= 4 is 11.8 Å². The van der Waals surface area contributed by atoms with Crippen LogP contribution in [0.5, 0.6) is 0 Å². The summed E-state index contributed by atoms with van der Waals surface area (Å²) in [6, 6.07) is 0. The largest absolute Gasteiger partial charge is 0.493 e. The van der Waals surface area contributed by atoms with Crippen molar-refractivity contribution in [3.8, 4) is 0 Å². The Kier molecular flexibility index (Phi) is 2.89. The molecule has 1 atom stereocenters. The molecule has 0 spiro atoms. The summed E-state index contributed by atoms with van der Waals surface area (Å²) in [4.78, 5) is 23.3. The highest BCUT2D eigenvalue weighted by Crippen LogP contribution is 2.50. The molecule has 0 amide bonds. The lowest BCUT2D eigenvalue weighted by Gasteiger charge is -2.21. The minimum absolute atomic E-state index is 0.344. The molecule has 1 N–H and O–H groups in total. The lowest BCUT2D eigenvalue weighted by Crippen LogP contribution is -2.37. The number of carboxylic acid groups (broad SMARTS) is 1. The number of aliphatic carboxylic acids is 1. The molecule has 2 rings (SSSR count). The molecule has 0 aromatic rings. The van der Waals surface area contributed by atoms with Gasteiger partial charge in [-0.15, -0.1) is 0 Å².